The van der Waals surface area contributed by atoms with Crippen LogP contribution in [0.3, 0.4) is 0 Å². The van der Waals surface area contributed by atoms with Crippen molar-refractivity contribution in [1.29, 1.82) is 0 Å². The molecule has 0 aromatic heterocycles. The van der Waals surface area contributed by atoms with E-state index in [0.717, 1.165) is 16.2 Å². The molecule has 2 N–H and O–H groups in total. The fourth-order valence-electron chi connectivity index (χ4n) is 2.45. The molecule has 2 rings (SSSR count). The van der Waals surface area contributed by atoms with Gasteiger partial charge in [-0.15, -0.1) is 11.8 Å². The normalized spacial score (nSPS) is 11.5. The molecule has 2 aromatic carbocycles. The molecule has 2 aromatic rings. The van der Waals surface area contributed by atoms with Gasteiger partial charge in [0.1, 0.15) is 11.5 Å². The second-order valence-electron chi connectivity index (χ2n) is 5.68. The second-order valence-corrected chi connectivity index (χ2v) is 6.56. The number of carboxylic acids is 1. The number of carbonyl (C=O) groups excluding carboxylic acids is 1. The summed E-state index contributed by atoms with van der Waals surface area (Å²) in [6, 6.07) is 13.8. The zero-order chi connectivity index (χ0) is 19.6. The number of rotatable bonds is 10. The molecule has 144 valence electrons. The Bertz CT molecular complexity index is 746. The SMILES string of the molecule is CCOc1ccc(OCC(=O)NC(CC(=O)O)c2ccc(SC)cc2)cc1. The van der Waals surface area contributed by atoms with Crippen molar-refractivity contribution in [3.05, 3.63) is 54.1 Å². The summed E-state index contributed by atoms with van der Waals surface area (Å²) >= 11 is 1.59. The van der Waals surface area contributed by atoms with Crippen LogP contribution in [0.1, 0.15) is 24.9 Å². The van der Waals surface area contributed by atoms with Gasteiger partial charge in [0.05, 0.1) is 19.1 Å². The van der Waals surface area contributed by atoms with Crippen molar-refractivity contribution in [3.63, 3.8) is 0 Å². The van der Waals surface area contributed by atoms with E-state index in [1.165, 1.54) is 0 Å². The fourth-order valence-corrected chi connectivity index (χ4v) is 2.85. The zero-order valence-electron chi connectivity index (χ0n) is 15.3. The van der Waals surface area contributed by atoms with E-state index in [1.807, 2.05) is 37.4 Å². The molecule has 0 saturated carbocycles. The molecule has 0 radical (unpaired) electrons. The average molecular weight is 389 g/mol. The first-order valence-corrected chi connectivity index (χ1v) is 9.75. The molecule has 0 bridgehead atoms. The van der Waals surface area contributed by atoms with E-state index < -0.39 is 12.0 Å². The van der Waals surface area contributed by atoms with Crippen molar-refractivity contribution in [1.82, 2.24) is 5.32 Å². The van der Waals surface area contributed by atoms with E-state index in [-0.39, 0.29) is 18.9 Å². The largest absolute Gasteiger partial charge is 0.494 e. The van der Waals surface area contributed by atoms with Crippen LogP contribution in [0.5, 0.6) is 11.5 Å². The van der Waals surface area contributed by atoms with Gasteiger partial charge < -0.3 is 19.9 Å². The smallest absolute Gasteiger partial charge is 0.305 e. The minimum Gasteiger partial charge on any atom is -0.494 e. The van der Waals surface area contributed by atoms with Crippen LogP contribution in [0.4, 0.5) is 0 Å². The van der Waals surface area contributed by atoms with Gasteiger partial charge in [0, 0.05) is 4.90 Å². The number of hydrogen-bond donors (Lipinski definition) is 2. The number of carbonyl (C=O) groups is 2. The number of hydrogen-bond acceptors (Lipinski definition) is 5. The lowest BCUT2D eigenvalue weighted by molar-refractivity contribution is -0.137. The zero-order valence-corrected chi connectivity index (χ0v) is 16.1. The lowest BCUT2D eigenvalue weighted by atomic mass is 10.0. The van der Waals surface area contributed by atoms with Crippen LogP contribution >= 0.6 is 11.8 Å². The summed E-state index contributed by atoms with van der Waals surface area (Å²) in [6.07, 6.45) is 1.76. The van der Waals surface area contributed by atoms with Crippen LogP contribution in [0, 0.1) is 0 Å². The van der Waals surface area contributed by atoms with Crippen molar-refractivity contribution in [2.75, 3.05) is 19.5 Å². The van der Waals surface area contributed by atoms with Crippen LogP contribution in [-0.2, 0) is 9.59 Å². The molecule has 0 fully saturated rings. The van der Waals surface area contributed by atoms with Crippen LogP contribution in [-0.4, -0.2) is 36.5 Å². The molecule has 0 aliphatic heterocycles. The van der Waals surface area contributed by atoms with Gasteiger partial charge in [0.15, 0.2) is 6.61 Å². The molecule has 0 spiro atoms. The monoisotopic (exact) mass is 389 g/mol. The van der Waals surface area contributed by atoms with Gasteiger partial charge in [-0.05, 0) is 55.1 Å². The van der Waals surface area contributed by atoms with Gasteiger partial charge in [0.2, 0.25) is 0 Å². The Kier molecular flexibility index (Phi) is 8.00. The van der Waals surface area contributed by atoms with Gasteiger partial charge in [-0.3, -0.25) is 9.59 Å². The summed E-state index contributed by atoms with van der Waals surface area (Å²) in [5, 5.41) is 11.9. The highest BCUT2D eigenvalue weighted by atomic mass is 32.2. The third kappa shape index (κ3) is 6.86. The average Bonchev–Trinajstić information content (AvgIpc) is 2.67. The van der Waals surface area contributed by atoms with Crippen molar-refractivity contribution >= 4 is 23.6 Å². The van der Waals surface area contributed by atoms with Gasteiger partial charge >= 0.3 is 5.97 Å². The van der Waals surface area contributed by atoms with Crippen molar-refractivity contribution < 1.29 is 24.2 Å². The second kappa shape index (κ2) is 10.5. The first-order valence-electron chi connectivity index (χ1n) is 8.52. The number of benzene rings is 2. The molecular weight excluding hydrogens is 366 g/mol. The lowest BCUT2D eigenvalue weighted by Gasteiger charge is -2.18. The van der Waals surface area contributed by atoms with Crippen LogP contribution in [0.2, 0.25) is 0 Å². The fraction of sp³-hybridized carbons (Fsp3) is 0.300. The van der Waals surface area contributed by atoms with E-state index >= 15 is 0 Å². The summed E-state index contributed by atoms with van der Waals surface area (Å²) in [6.45, 7) is 2.27. The number of nitrogens with one attached hydrogen (secondary N) is 1. The standard InChI is InChI=1S/C20H23NO5S/c1-3-25-15-6-8-16(9-7-15)26-13-19(22)21-18(12-20(23)24)14-4-10-17(27-2)11-5-14/h4-11,18H,3,12-13H2,1-2H3,(H,21,22)(H,23,24). The molecule has 0 aliphatic rings. The van der Waals surface area contributed by atoms with E-state index in [1.54, 1.807) is 36.0 Å². The highest BCUT2D eigenvalue weighted by Crippen LogP contribution is 2.22. The minimum absolute atomic E-state index is 0.201. The Morgan fingerprint density at radius 1 is 1.04 bits per heavy atom. The summed E-state index contributed by atoms with van der Waals surface area (Å²) in [5.74, 6) is -0.108. The highest BCUT2D eigenvalue weighted by Gasteiger charge is 2.18. The maximum Gasteiger partial charge on any atom is 0.305 e. The minimum atomic E-state index is -0.985. The molecule has 1 amide bonds. The van der Waals surface area contributed by atoms with Gasteiger partial charge in [-0.25, -0.2) is 0 Å². The summed E-state index contributed by atoms with van der Waals surface area (Å²) in [5.41, 5.74) is 0.740. The van der Waals surface area contributed by atoms with Crippen LogP contribution in [0.25, 0.3) is 0 Å². The van der Waals surface area contributed by atoms with E-state index in [4.69, 9.17) is 14.6 Å². The van der Waals surface area contributed by atoms with Crippen molar-refractivity contribution in [2.24, 2.45) is 0 Å². The Balaban J connectivity index is 1.95. The Labute approximate surface area is 162 Å². The number of carboxylic acid groups (broad SMARTS) is 1. The Morgan fingerprint density at radius 2 is 1.63 bits per heavy atom. The van der Waals surface area contributed by atoms with Gasteiger partial charge in [-0.2, -0.15) is 0 Å². The maximum absolute atomic E-state index is 12.2. The van der Waals surface area contributed by atoms with Crippen LogP contribution < -0.4 is 14.8 Å². The molecule has 1 atom stereocenters. The quantitative estimate of drug-likeness (QED) is 0.605. The topological polar surface area (TPSA) is 84.9 Å². The van der Waals surface area contributed by atoms with Gasteiger partial charge in [-0.1, -0.05) is 12.1 Å². The highest BCUT2D eigenvalue weighted by molar-refractivity contribution is 7.98. The maximum atomic E-state index is 12.2. The van der Waals surface area contributed by atoms with Crippen LogP contribution in [0.15, 0.2) is 53.4 Å². The van der Waals surface area contributed by atoms with E-state index in [9.17, 15) is 9.59 Å². The van der Waals surface area contributed by atoms with Crippen molar-refractivity contribution in [2.45, 2.75) is 24.3 Å². The first-order chi connectivity index (χ1) is 13.0. The predicted molar refractivity (Wildman–Crippen MR) is 104 cm³/mol. The van der Waals surface area contributed by atoms with Crippen molar-refractivity contribution in [3.8, 4) is 11.5 Å². The molecule has 6 nitrogen and oxygen atoms in total. The summed E-state index contributed by atoms with van der Waals surface area (Å²) < 4.78 is 10.8. The first kappa shape index (κ1) is 20.6. The molecule has 27 heavy (non-hydrogen) atoms. The number of ether oxygens (including phenoxy) is 2. The summed E-state index contributed by atoms with van der Waals surface area (Å²) in [4.78, 5) is 24.4. The molecule has 1 unspecified atom stereocenters. The molecule has 0 saturated heterocycles. The predicted octanol–water partition coefficient (Wildman–Crippen LogP) is 3.52. The Hall–Kier alpha value is -2.67. The van der Waals surface area contributed by atoms with E-state index in [0.29, 0.717) is 12.4 Å². The van der Waals surface area contributed by atoms with Gasteiger partial charge in [0.25, 0.3) is 5.91 Å². The summed E-state index contributed by atoms with van der Waals surface area (Å²) in [7, 11) is 0. The third-order valence-electron chi connectivity index (χ3n) is 3.74. The molecule has 7 heteroatoms. The molecule has 0 aliphatic carbocycles. The number of aliphatic carboxylic acids is 1. The van der Waals surface area contributed by atoms with E-state index in [2.05, 4.69) is 5.32 Å². The molecular formula is C20H23NO5S. The molecule has 0 heterocycles. The number of thioether (sulfide) groups is 1. The third-order valence-corrected chi connectivity index (χ3v) is 4.48. The lowest BCUT2D eigenvalue weighted by Crippen LogP contribution is -2.33. The number of amides is 1. The Morgan fingerprint density at radius 3 is 2.15 bits per heavy atom.